The van der Waals surface area contributed by atoms with Crippen molar-refractivity contribution >= 4 is 0 Å². The van der Waals surface area contributed by atoms with Gasteiger partial charge in [0.05, 0.1) is 6.04 Å². The fraction of sp³-hybridized carbons (Fsp3) is 0.444. The van der Waals surface area contributed by atoms with Crippen LogP contribution in [-0.4, -0.2) is 25.0 Å². The third-order valence-corrected chi connectivity index (χ3v) is 3.65. The van der Waals surface area contributed by atoms with Crippen molar-refractivity contribution in [2.75, 3.05) is 20.1 Å². The first kappa shape index (κ1) is 15.8. The molecule has 3 nitrogen and oxygen atoms in total. The summed E-state index contributed by atoms with van der Waals surface area (Å²) in [5, 5.41) is 3.51. The summed E-state index contributed by atoms with van der Waals surface area (Å²) in [5.74, 6) is 1.99. The number of nitrogens with one attached hydrogen (secondary N) is 1. The van der Waals surface area contributed by atoms with Crippen molar-refractivity contribution in [1.82, 2.24) is 10.2 Å². The average Bonchev–Trinajstić information content (AvgIpc) is 2.91. The summed E-state index contributed by atoms with van der Waals surface area (Å²) in [5.41, 5.74) is 1.37. The Kier molecular flexibility index (Phi) is 6.03. The van der Waals surface area contributed by atoms with Crippen LogP contribution in [0, 0.1) is 6.92 Å². The zero-order valence-corrected chi connectivity index (χ0v) is 13.3. The van der Waals surface area contributed by atoms with E-state index in [1.807, 2.05) is 13.0 Å². The number of benzene rings is 1. The lowest BCUT2D eigenvalue weighted by molar-refractivity contribution is 0.314. The molecule has 0 spiro atoms. The Morgan fingerprint density at radius 2 is 1.90 bits per heavy atom. The highest BCUT2D eigenvalue weighted by molar-refractivity contribution is 5.14. The summed E-state index contributed by atoms with van der Waals surface area (Å²) in [6, 6.07) is 14.9. The van der Waals surface area contributed by atoms with Gasteiger partial charge in [0.15, 0.2) is 0 Å². The van der Waals surface area contributed by atoms with E-state index in [4.69, 9.17) is 4.42 Å². The van der Waals surface area contributed by atoms with Gasteiger partial charge in [-0.05, 0) is 58.1 Å². The van der Waals surface area contributed by atoms with E-state index in [0.717, 1.165) is 37.6 Å². The summed E-state index contributed by atoms with van der Waals surface area (Å²) < 4.78 is 5.63. The van der Waals surface area contributed by atoms with Gasteiger partial charge in [0.25, 0.3) is 0 Å². The lowest BCUT2D eigenvalue weighted by Gasteiger charge is -2.17. The molecule has 0 aliphatic rings. The molecule has 0 fully saturated rings. The largest absolute Gasteiger partial charge is 0.465 e. The number of nitrogens with zero attached hydrogens (tertiary/aromatic N) is 1. The Morgan fingerprint density at radius 3 is 2.57 bits per heavy atom. The molecular formula is C18H26N2O. The highest BCUT2D eigenvalue weighted by Crippen LogP contribution is 2.15. The van der Waals surface area contributed by atoms with Crippen molar-refractivity contribution in [3.8, 4) is 0 Å². The molecular weight excluding hydrogens is 260 g/mol. The monoisotopic (exact) mass is 286 g/mol. The van der Waals surface area contributed by atoms with Crippen LogP contribution in [0.1, 0.15) is 36.5 Å². The standard InChI is InChI=1S/C18H26N2O/c1-15-10-11-18(21-15)16(2)19-12-7-13-20(3)14-17-8-5-4-6-9-17/h4-6,8-11,16,19H,7,12-14H2,1-3H3. The van der Waals surface area contributed by atoms with Crippen LogP contribution in [0.3, 0.4) is 0 Å². The molecule has 1 unspecified atom stereocenters. The first-order valence-electron chi connectivity index (χ1n) is 7.67. The molecule has 3 heteroatoms. The molecule has 2 aromatic rings. The minimum atomic E-state index is 0.276. The van der Waals surface area contributed by atoms with Crippen molar-refractivity contribution in [1.29, 1.82) is 0 Å². The minimum absolute atomic E-state index is 0.276. The molecule has 0 saturated carbocycles. The number of furan rings is 1. The van der Waals surface area contributed by atoms with Crippen molar-refractivity contribution in [2.24, 2.45) is 0 Å². The Labute approximate surface area is 128 Å². The van der Waals surface area contributed by atoms with Crippen molar-refractivity contribution in [2.45, 2.75) is 32.9 Å². The second-order valence-corrected chi connectivity index (χ2v) is 5.70. The van der Waals surface area contributed by atoms with Gasteiger partial charge in [0.2, 0.25) is 0 Å². The van der Waals surface area contributed by atoms with Crippen LogP contribution in [0.2, 0.25) is 0 Å². The predicted molar refractivity (Wildman–Crippen MR) is 87.3 cm³/mol. The van der Waals surface area contributed by atoms with Gasteiger partial charge in [0.1, 0.15) is 11.5 Å². The predicted octanol–water partition coefficient (Wildman–Crippen LogP) is 3.76. The molecule has 1 aromatic heterocycles. The maximum Gasteiger partial charge on any atom is 0.120 e. The van der Waals surface area contributed by atoms with E-state index in [9.17, 15) is 0 Å². The normalized spacial score (nSPS) is 12.8. The molecule has 2 rings (SSSR count). The van der Waals surface area contributed by atoms with Crippen LogP contribution in [0.5, 0.6) is 0 Å². The van der Waals surface area contributed by atoms with Crippen molar-refractivity contribution in [3.63, 3.8) is 0 Å². The first-order chi connectivity index (χ1) is 10.1. The summed E-state index contributed by atoms with van der Waals surface area (Å²) in [7, 11) is 2.17. The van der Waals surface area contributed by atoms with Gasteiger partial charge in [0, 0.05) is 6.54 Å². The topological polar surface area (TPSA) is 28.4 Å². The molecule has 21 heavy (non-hydrogen) atoms. The van der Waals surface area contributed by atoms with Crippen LogP contribution in [0.15, 0.2) is 46.9 Å². The number of hydrogen-bond donors (Lipinski definition) is 1. The third-order valence-electron chi connectivity index (χ3n) is 3.65. The summed E-state index contributed by atoms with van der Waals surface area (Å²) in [6.45, 7) is 7.22. The van der Waals surface area contributed by atoms with Crippen LogP contribution in [-0.2, 0) is 6.54 Å². The highest BCUT2D eigenvalue weighted by atomic mass is 16.3. The molecule has 1 N–H and O–H groups in total. The van der Waals surface area contributed by atoms with Gasteiger partial charge in [-0.3, -0.25) is 0 Å². The van der Waals surface area contributed by atoms with E-state index in [1.165, 1.54) is 5.56 Å². The summed E-state index contributed by atoms with van der Waals surface area (Å²) >= 11 is 0. The molecule has 0 saturated heterocycles. The average molecular weight is 286 g/mol. The maximum absolute atomic E-state index is 5.63. The molecule has 114 valence electrons. The fourth-order valence-corrected chi connectivity index (χ4v) is 2.43. The minimum Gasteiger partial charge on any atom is -0.465 e. The zero-order chi connectivity index (χ0) is 15.1. The van der Waals surface area contributed by atoms with Gasteiger partial charge in [-0.2, -0.15) is 0 Å². The van der Waals surface area contributed by atoms with Gasteiger partial charge in [-0.1, -0.05) is 30.3 Å². The molecule has 0 bridgehead atoms. The first-order valence-corrected chi connectivity index (χ1v) is 7.67. The lowest BCUT2D eigenvalue weighted by atomic mass is 10.2. The molecule has 1 aromatic carbocycles. The Hall–Kier alpha value is -1.58. The van der Waals surface area contributed by atoms with Crippen LogP contribution in [0.25, 0.3) is 0 Å². The van der Waals surface area contributed by atoms with E-state index in [0.29, 0.717) is 0 Å². The molecule has 0 aliphatic carbocycles. The molecule has 0 radical (unpaired) electrons. The Morgan fingerprint density at radius 1 is 1.14 bits per heavy atom. The molecule has 0 amide bonds. The van der Waals surface area contributed by atoms with Gasteiger partial charge in [-0.15, -0.1) is 0 Å². The van der Waals surface area contributed by atoms with E-state index in [-0.39, 0.29) is 6.04 Å². The van der Waals surface area contributed by atoms with Crippen molar-refractivity contribution < 1.29 is 4.42 Å². The van der Waals surface area contributed by atoms with Gasteiger partial charge < -0.3 is 14.6 Å². The van der Waals surface area contributed by atoms with Gasteiger partial charge in [-0.25, -0.2) is 0 Å². The Balaban J connectivity index is 1.63. The second kappa shape index (κ2) is 8.01. The van der Waals surface area contributed by atoms with Crippen LogP contribution in [0.4, 0.5) is 0 Å². The van der Waals surface area contributed by atoms with E-state index >= 15 is 0 Å². The van der Waals surface area contributed by atoms with E-state index in [1.54, 1.807) is 0 Å². The van der Waals surface area contributed by atoms with E-state index < -0.39 is 0 Å². The number of hydrogen-bond acceptors (Lipinski definition) is 3. The number of rotatable bonds is 8. The number of aryl methyl sites for hydroxylation is 1. The lowest BCUT2D eigenvalue weighted by Crippen LogP contribution is -2.25. The zero-order valence-electron chi connectivity index (χ0n) is 13.3. The van der Waals surface area contributed by atoms with E-state index in [2.05, 4.69) is 60.6 Å². The second-order valence-electron chi connectivity index (χ2n) is 5.70. The smallest absolute Gasteiger partial charge is 0.120 e. The SMILES string of the molecule is Cc1ccc(C(C)NCCCN(C)Cc2ccccc2)o1. The van der Waals surface area contributed by atoms with Crippen LogP contribution < -0.4 is 5.32 Å². The highest BCUT2D eigenvalue weighted by Gasteiger charge is 2.08. The van der Waals surface area contributed by atoms with Crippen molar-refractivity contribution in [3.05, 3.63) is 59.5 Å². The summed E-state index contributed by atoms with van der Waals surface area (Å²) in [4.78, 5) is 2.36. The maximum atomic E-state index is 5.63. The molecule has 0 aliphatic heterocycles. The Bertz CT molecular complexity index is 521. The van der Waals surface area contributed by atoms with Crippen LogP contribution >= 0.6 is 0 Å². The fourth-order valence-electron chi connectivity index (χ4n) is 2.43. The quantitative estimate of drug-likeness (QED) is 0.749. The molecule has 1 atom stereocenters. The summed E-state index contributed by atoms with van der Waals surface area (Å²) in [6.07, 6.45) is 1.13. The van der Waals surface area contributed by atoms with Gasteiger partial charge >= 0.3 is 0 Å². The third kappa shape index (κ3) is 5.37. The molecule has 1 heterocycles.